The van der Waals surface area contributed by atoms with Crippen molar-refractivity contribution in [2.45, 2.75) is 55.8 Å². The molecule has 6 unspecified atom stereocenters. The largest absolute Gasteiger partial charge is 0.461 e. The molecule has 0 radical (unpaired) electrons. The first-order valence-electron chi connectivity index (χ1n) is 11.7. The van der Waals surface area contributed by atoms with Crippen molar-refractivity contribution < 1.29 is 19.1 Å². The van der Waals surface area contributed by atoms with E-state index in [4.69, 9.17) is 9.47 Å². The van der Waals surface area contributed by atoms with Gasteiger partial charge in [0.2, 0.25) is 0 Å². The van der Waals surface area contributed by atoms with E-state index in [0.29, 0.717) is 43.4 Å². The molecule has 10 heteroatoms. The van der Waals surface area contributed by atoms with Gasteiger partial charge in [-0.2, -0.15) is 23.5 Å². The first-order valence-corrected chi connectivity index (χ1v) is 18.2. The molecule has 3 rings (SSSR count). The van der Waals surface area contributed by atoms with Crippen LogP contribution in [-0.4, -0.2) is 79.3 Å². The van der Waals surface area contributed by atoms with Crippen molar-refractivity contribution in [1.82, 2.24) is 0 Å². The maximum Gasteiger partial charge on any atom is 0.330 e. The average Bonchev–Trinajstić information content (AvgIpc) is 3.53. The van der Waals surface area contributed by atoms with Crippen LogP contribution >= 0.6 is 70.6 Å². The van der Waals surface area contributed by atoms with Gasteiger partial charge in [0.25, 0.3) is 0 Å². The molecule has 6 atom stereocenters. The van der Waals surface area contributed by atoms with E-state index in [1.54, 1.807) is 0 Å². The molecule has 34 heavy (non-hydrogen) atoms. The summed E-state index contributed by atoms with van der Waals surface area (Å²) in [5, 5.41) is 2.09. The second kappa shape index (κ2) is 15.1. The summed E-state index contributed by atoms with van der Waals surface area (Å²) in [7, 11) is 0. The van der Waals surface area contributed by atoms with Gasteiger partial charge in [-0.25, -0.2) is 9.59 Å². The van der Waals surface area contributed by atoms with E-state index < -0.39 is 0 Å². The molecule has 0 aromatic heterocycles. The molecule has 0 aromatic rings. The number of carbonyl (C=O) groups is 2. The first-order chi connectivity index (χ1) is 16.5. The molecule has 0 aromatic carbocycles. The summed E-state index contributed by atoms with van der Waals surface area (Å²) in [5.74, 6) is 3.01. The molecule has 2 aliphatic heterocycles. The van der Waals surface area contributed by atoms with Gasteiger partial charge in [0.1, 0.15) is 13.2 Å². The highest BCUT2D eigenvalue weighted by Gasteiger charge is 2.41. The van der Waals surface area contributed by atoms with Gasteiger partial charge < -0.3 is 9.47 Å². The van der Waals surface area contributed by atoms with E-state index in [-0.39, 0.29) is 11.9 Å². The normalized spacial score (nSPS) is 33.1. The van der Waals surface area contributed by atoms with Crippen molar-refractivity contribution in [2.24, 2.45) is 11.8 Å². The van der Waals surface area contributed by atoms with E-state index in [0.717, 1.165) is 23.3 Å². The molecule has 1 saturated carbocycles. The minimum Gasteiger partial charge on any atom is -0.461 e. The number of hydrogen-bond donors (Lipinski definition) is 0. The molecule has 3 aliphatic rings. The zero-order chi connectivity index (χ0) is 24.5. The molecule has 0 spiro atoms. The van der Waals surface area contributed by atoms with Crippen molar-refractivity contribution >= 4 is 82.5 Å². The van der Waals surface area contributed by atoms with Crippen LogP contribution in [0.3, 0.4) is 0 Å². The minimum atomic E-state index is -0.320. The SMILES string of the molecule is C=CC(=O)OCC1CSC(C(SC)C2CCC(C(SC)C3SCC(COC(=O)C=C)S3)CC2)S1. The fourth-order valence-corrected chi connectivity index (χ4v) is 15.5. The molecule has 1 aliphatic carbocycles. The fraction of sp³-hybridized carbons (Fsp3) is 0.750. The van der Waals surface area contributed by atoms with Crippen molar-refractivity contribution in [2.75, 3.05) is 37.2 Å². The van der Waals surface area contributed by atoms with E-state index in [9.17, 15) is 9.59 Å². The lowest BCUT2D eigenvalue weighted by Gasteiger charge is -2.39. The lowest BCUT2D eigenvalue weighted by molar-refractivity contribution is -0.138. The zero-order valence-electron chi connectivity index (χ0n) is 19.9. The number of ether oxygens (including phenoxy) is 2. The summed E-state index contributed by atoms with van der Waals surface area (Å²) in [6.07, 6.45) is 12.3. The van der Waals surface area contributed by atoms with Crippen LogP contribution in [0.15, 0.2) is 25.3 Å². The molecular formula is C24H36O4S6. The summed E-state index contributed by atoms with van der Waals surface area (Å²) in [5.41, 5.74) is 0. The Hall–Kier alpha value is 0.520. The van der Waals surface area contributed by atoms with Gasteiger partial charge >= 0.3 is 11.9 Å². The number of esters is 2. The maximum absolute atomic E-state index is 11.4. The molecule has 2 heterocycles. The van der Waals surface area contributed by atoms with Gasteiger partial charge in [-0.05, 0) is 50.0 Å². The monoisotopic (exact) mass is 580 g/mol. The molecule has 0 bridgehead atoms. The van der Waals surface area contributed by atoms with Crippen LogP contribution in [0, 0.1) is 11.8 Å². The van der Waals surface area contributed by atoms with Crippen LogP contribution in [0.4, 0.5) is 0 Å². The highest BCUT2D eigenvalue weighted by atomic mass is 32.2. The molecule has 4 nitrogen and oxygen atoms in total. The number of carbonyl (C=O) groups excluding carboxylic acids is 2. The van der Waals surface area contributed by atoms with Crippen LogP contribution in [0.1, 0.15) is 25.7 Å². The second-order valence-corrected chi connectivity index (χ2v) is 16.5. The Morgan fingerprint density at radius 1 is 0.824 bits per heavy atom. The van der Waals surface area contributed by atoms with Crippen LogP contribution in [-0.2, 0) is 19.1 Å². The summed E-state index contributed by atoms with van der Waals surface area (Å²) >= 11 is 12.2. The Kier molecular flexibility index (Phi) is 12.9. The smallest absolute Gasteiger partial charge is 0.330 e. The van der Waals surface area contributed by atoms with Crippen molar-refractivity contribution in [3.05, 3.63) is 25.3 Å². The van der Waals surface area contributed by atoms with Gasteiger partial charge in [-0.15, -0.1) is 47.0 Å². The van der Waals surface area contributed by atoms with E-state index in [1.807, 2.05) is 70.6 Å². The van der Waals surface area contributed by atoms with E-state index in [1.165, 1.54) is 37.8 Å². The van der Waals surface area contributed by atoms with Crippen molar-refractivity contribution in [3.63, 3.8) is 0 Å². The third-order valence-corrected chi connectivity index (χ3v) is 16.5. The Labute approximate surface area is 230 Å². The number of thioether (sulfide) groups is 6. The quantitative estimate of drug-likeness (QED) is 0.201. The zero-order valence-corrected chi connectivity index (χ0v) is 24.8. The molecule has 192 valence electrons. The van der Waals surface area contributed by atoms with Crippen molar-refractivity contribution in [3.8, 4) is 0 Å². The lowest BCUT2D eigenvalue weighted by atomic mass is 9.79. The topological polar surface area (TPSA) is 52.6 Å². The lowest BCUT2D eigenvalue weighted by Crippen LogP contribution is -2.34. The van der Waals surface area contributed by atoms with Crippen LogP contribution in [0.2, 0.25) is 0 Å². The van der Waals surface area contributed by atoms with Crippen molar-refractivity contribution in [1.29, 1.82) is 0 Å². The van der Waals surface area contributed by atoms with E-state index in [2.05, 4.69) is 25.7 Å². The standard InChI is InChI=1S/C24H36O4S6/c1-5-19(25)27-11-17-13-31-23(33-17)21(29-3)15-7-9-16(10-8-15)22(30-4)24-32-14-18(34-24)12-28-20(26)6-2/h5-6,15-18,21-24H,1-2,7-14H2,3-4H3. The molecular weight excluding hydrogens is 545 g/mol. The van der Waals surface area contributed by atoms with Gasteiger partial charge in [0.05, 0.1) is 9.16 Å². The van der Waals surface area contributed by atoms with Crippen LogP contribution in [0.25, 0.3) is 0 Å². The highest BCUT2D eigenvalue weighted by molar-refractivity contribution is 8.22. The second-order valence-electron chi connectivity index (χ2n) is 8.66. The van der Waals surface area contributed by atoms with Gasteiger partial charge in [-0.1, -0.05) is 13.2 Å². The Morgan fingerprint density at radius 2 is 1.21 bits per heavy atom. The summed E-state index contributed by atoms with van der Waals surface area (Å²) in [6.45, 7) is 7.94. The Bertz CT molecular complexity index is 641. The molecule has 3 fully saturated rings. The first kappa shape index (κ1) is 29.1. The minimum absolute atomic E-state index is 0.320. The van der Waals surface area contributed by atoms with Gasteiger partial charge in [0.15, 0.2) is 0 Å². The third kappa shape index (κ3) is 8.27. The highest BCUT2D eigenvalue weighted by Crippen LogP contribution is 2.51. The van der Waals surface area contributed by atoms with Crippen LogP contribution < -0.4 is 0 Å². The van der Waals surface area contributed by atoms with Crippen LogP contribution in [0.5, 0.6) is 0 Å². The summed E-state index contributed by atoms with van der Waals surface area (Å²) in [6, 6.07) is 0. The third-order valence-electron chi connectivity index (χ3n) is 6.53. The predicted octanol–water partition coefficient (Wildman–Crippen LogP) is 6.06. The average molecular weight is 581 g/mol. The molecule has 0 amide bonds. The maximum atomic E-state index is 11.4. The Morgan fingerprint density at radius 3 is 1.53 bits per heavy atom. The molecule has 0 N–H and O–H groups in total. The number of hydrogen-bond acceptors (Lipinski definition) is 10. The Balaban J connectivity index is 1.45. The summed E-state index contributed by atoms with van der Waals surface area (Å²) in [4.78, 5) is 22.8. The summed E-state index contributed by atoms with van der Waals surface area (Å²) < 4.78 is 11.7. The van der Waals surface area contributed by atoms with Gasteiger partial charge in [-0.3, -0.25) is 0 Å². The predicted molar refractivity (Wildman–Crippen MR) is 158 cm³/mol. The van der Waals surface area contributed by atoms with E-state index >= 15 is 0 Å². The van der Waals surface area contributed by atoms with Gasteiger partial charge in [0, 0.05) is 44.7 Å². The number of rotatable bonds is 12. The molecule has 2 saturated heterocycles. The fourth-order valence-electron chi connectivity index (χ4n) is 4.78.